The van der Waals surface area contributed by atoms with Gasteiger partial charge in [-0.2, -0.15) is 5.26 Å². The van der Waals surface area contributed by atoms with Crippen molar-refractivity contribution in [3.05, 3.63) is 131 Å². The van der Waals surface area contributed by atoms with Crippen molar-refractivity contribution in [1.82, 2.24) is 10.2 Å². The molecule has 2 unspecified atom stereocenters. The molecule has 1 saturated carbocycles. The van der Waals surface area contributed by atoms with Crippen LogP contribution in [0.3, 0.4) is 0 Å². The molecule has 1 N–H and O–H groups in total. The van der Waals surface area contributed by atoms with Gasteiger partial charge in [-0.25, -0.2) is 0 Å². The third-order valence-electron chi connectivity index (χ3n) is 9.76. The summed E-state index contributed by atoms with van der Waals surface area (Å²) in [4.78, 5) is 2.73. The summed E-state index contributed by atoms with van der Waals surface area (Å²) < 4.78 is 0. The summed E-state index contributed by atoms with van der Waals surface area (Å²) in [5.74, 6) is 0.570. The zero-order valence-corrected chi connectivity index (χ0v) is 23.9. The topological polar surface area (TPSA) is 39.1 Å². The second-order valence-corrected chi connectivity index (χ2v) is 11.8. The minimum Gasteiger partial charge on any atom is -0.384 e. The van der Waals surface area contributed by atoms with Crippen LogP contribution >= 0.6 is 0 Å². The van der Waals surface area contributed by atoms with E-state index in [4.69, 9.17) is 0 Å². The van der Waals surface area contributed by atoms with Gasteiger partial charge in [-0.3, -0.25) is 0 Å². The molecule has 0 bridgehead atoms. The minimum atomic E-state index is -0.803. The Labute approximate surface area is 240 Å². The molecule has 0 aromatic heterocycles. The van der Waals surface area contributed by atoms with Gasteiger partial charge in [0.05, 0.1) is 11.5 Å². The maximum absolute atomic E-state index is 11.7. The minimum absolute atomic E-state index is 0.105. The average molecular weight is 528 g/mol. The third-order valence-corrected chi connectivity index (χ3v) is 9.76. The SMILES string of the molecule is CCCN(CCC)[C@@H]1CC2C3=C(C=CC2(C#N)C(c2ccccc2)(c2ccccc2)c2ccccc2)NC[C@@H]3C1. The van der Waals surface area contributed by atoms with E-state index >= 15 is 0 Å². The van der Waals surface area contributed by atoms with E-state index < -0.39 is 10.8 Å². The van der Waals surface area contributed by atoms with E-state index in [2.05, 4.69) is 133 Å². The second-order valence-electron chi connectivity index (χ2n) is 11.8. The first-order chi connectivity index (χ1) is 19.7. The van der Waals surface area contributed by atoms with Gasteiger partial charge < -0.3 is 10.2 Å². The molecule has 1 heterocycles. The predicted molar refractivity (Wildman–Crippen MR) is 164 cm³/mol. The van der Waals surface area contributed by atoms with Gasteiger partial charge in [-0.05, 0) is 67.1 Å². The Kier molecular flexibility index (Phi) is 7.39. The van der Waals surface area contributed by atoms with Crippen LogP contribution in [0, 0.1) is 28.6 Å². The van der Waals surface area contributed by atoms with E-state index in [1.165, 1.54) is 34.4 Å². The molecular formula is C37H41N3. The van der Waals surface area contributed by atoms with E-state index in [1.54, 1.807) is 0 Å². The van der Waals surface area contributed by atoms with Crippen LogP contribution in [0.1, 0.15) is 56.2 Å². The number of nitriles is 1. The summed E-state index contributed by atoms with van der Waals surface area (Å²) >= 11 is 0. The van der Waals surface area contributed by atoms with Crippen molar-refractivity contribution in [1.29, 1.82) is 5.26 Å². The van der Waals surface area contributed by atoms with Gasteiger partial charge in [0.1, 0.15) is 5.41 Å². The van der Waals surface area contributed by atoms with Gasteiger partial charge >= 0.3 is 0 Å². The number of hydrogen-bond donors (Lipinski definition) is 1. The first kappa shape index (κ1) is 26.6. The highest BCUT2D eigenvalue weighted by Crippen LogP contribution is 2.63. The Hall–Kier alpha value is -3.61. The smallest absolute Gasteiger partial charge is 0.100 e. The molecule has 3 heteroatoms. The summed E-state index contributed by atoms with van der Waals surface area (Å²) in [7, 11) is 0. The zero-order chi connectivity index (χ0) is 27.6. The number of hydrogen-bond acceptors (Lipinski definition) is 3. The van der Waals surface area contributed by atoms with Crippen molar-refractivity contribution in [2.45, 2.75) is 51.0 Å². The van der Waals surface area contributed by atoms with Crippen molar-refractivity contribution >= 4 is 0 Å². The molecular weight excluding hydrogens is 486 g/mol. The fourth-order valence-corrected chi connectivity index (χ4v) is 8.30. The van der Waals surface area contributed by atoms with Crippen LogP contribution in [0.5, 0.6) is 0 Å². The molecule has 4 atom stereocenters. The highest BCUT2D eigenvalue weighted by Gasteiger charge is 2.62. The summed E-state index contributed by atoms with van der Waals surface area (Å²) in [6, 6.07) is 36.0. The van der Waals surface area contributed by atoms with Crippen molar-refractivity contribution < 1.29 is 0 Å². The van der Waals surface area contributed by atoms with E-state index in [0.29, 0.717) is 12.0 Å². The van der Waals surface area contributed by atoms with Gasteiger partial charge in [-0.15, -0.1) is 0 Å². The lowest BCUT2D eigenvalue weighted by Crippen LogP contribution is -2.55. The molecule has 0 saturated heterocycles. The van der Waals surface area contributed by atoms with Crippen LogP contribution in [-0.4, -0.2) is 30.6 Å². The molecule has 40 heavy (non-hydrogen) atoms. The number of benzene rings is 3. The lowest BCUT2D eigenvalue weighted by Gasteiger charge is -2.55. The average Bonchev–Trinajstić information content (AvgIpc) is 3.44. The van der Waals surface area contributed by atoms with E-state index in [9.17, 15) is 5.26 Å². The number of nitrogens with zero attached hydrogens (tertiary/aromatic N) is 2. The third kappa shape index (κ3) is 4.04. The summed E-state index contributed by atoms with van der Waals surface area (Å²) in [5.41, 5.74) is 4.79. The van der Waals surface area contributed by atoms with Crippen molar-refractivity contribution in [2.24, 2.45) is 17.3 Å². The molecule has 3 aliphatic rings. The highest BCUT2D eigenvalue weighted by molar-refractivity contribution is 5.60. The molecule has 204 valence electrons. The predicted octanol–water partition coefficient (Wildman–Crippen LogP) is 7.47. The molecule has 1 aliphatic heterocycles. The Bertz CT molecular complexity index is 1300. The van der Waals surface area contributed by atoms with E-state index in [1.807, 2.05) is 0 Å². The second kappa shape index (κ2) is 11.1. The summed E-state index contributed by atoms with van der Waals surface area (Å²) in [5, 5.41) is 15.4. The number of nitrogens with one attached hydrogen (secondary N) is 1. The lowest BCUT2D eigenvalue weighted by atomic mass is 9.46. The van der Waals surface area contributed by atoms with Crippen molar-refractivity contribution in [3.63, 3.8) is 0 Å². The van der Waals surface area contributed by atoms with Crippen LogP contribution < -0.4 is 5.32 Å². The van der Waals surface area contributed by atoms with Gasteiger partial charge in [0.2, 0.25) is 0 Å². The van der Waals surface area contributed by atoms with Crippen LogP contribution in [0.2, 0.25) is 0 Å². The molecule has 3 aromatic carbocycles. The monoisotopic (exact) mass is 527 g/mol. The van der Waals surface area contributed by atoms with Crippen LogP contribution in [-0.2, 0) is 5.41 Å². The Morgan fingerprint density at radius 2 is 1.35 bits per heavy atom. The first-order valence-electron chi connectivity index (χ1n) is 15.2. The largest absolute Gasteiger partial charge is 0.384 e. The van der Waals surface area contributed by atoms with E-state index in [0.717, 1.165) is 38.9 Å². The Balaban J connectivity index is 1.64. The molecule has 2 aliphatic carbocycles. The maximum Gasteiger partial charge on any atom is 0.100 e. The van der Waals surface area contributed by atoms with Gasteiger partial charge in [-0.1, -0.05) is 111 Å². The first-order valence-corrected chi connectivity index (χ1v) is 15.2. The van der Waals surface area contributed by atoms with Crippen molar-refractivity contribution in [3.8, 4) is 6.07 Å². The Morgan fingerprint density at radius 1 is 0.825 bits per heavy atom. The fourth-order valence-electron chi connectivity index (χ4n) is 8.30. The number of allylic oxidation sites excluding steroid dienone is 2. The summed E-state index contributed by atoms with van der Waals surface area (Å²) in [6.07, 6.45) is 9.02. The normalized spacial score (nSPS) is 25.4. The highest BCUT2D eigenvalue weighted by atomic mass is 15.2. The zero-order valence-electron chi connectivity index (χ0n) is 23.9. The fraction of sp³-hybridized carbons (Fsp3) is 0.378. The van der Waals surface area contributed by atoms with Gasteiger partial charge in [0, 0.05) is 30.1 Å². The maximum atomic E-state index is 11.7. The molecule has 0 radical (unpaired) electrons. The van der Waals surface area contributed by atoms with Crippen LogP contribution in [0.25, 0.3) is 0 Å². The molecule has 0 amide bonds. The molecule has 0 spiro atoms. The van der Waals surface area contributed by atoms with E-state index in [-0.39, 0.29) is 5.92 Å². The van der Waals surface area contributed by atoms with Gasteiger partial charge in [0.15, 0.2) is 0 Å². The standard InChI is InChI=1S/C37H41N3/c1-3-22-40(23-4-2)32-24-28-26-39-34-20-21-36(27-38,33(25-32)35(28)34)37(29-14-8-5-9-15-29,30-16-10-6-11-17-30)31-18-12-7-13-19-31/h5-21,28,32-33,39H,3-4,22-26H2,1-2H3/t28-,32-,33?,36?/m0/s1. The van der Waals surface area contributed by atoms with Gasteiger partial charge in [0.25, 0.3) is 0 Å². The molecule has 3 aromatic rings. The van der Waals surface area contributed by atoms with Crippen LogP contribution in [0.15, 0.2) is 114 Å². The van der Waals surface area contributed by atoms with Crippen LogP contribution in [0.4, 0.5) is 0 Å². The molecule has 3 nitrogen and oxygen atoms in total. The molecule has 1 fully saturated rings. The van der Waals surface area contributed by atoms with Crippen molar-refractivity contribution in [2.75, 3.05) is 19.6 Å². The quantitative estimate of drug-likeness (QED) is 0.293. The lowest BCUT2D eigenvalue weighted by molar-refractivity contribution is 0.0939. The molecule has 6 rings (SSSR count). The number of rotatable bonds is 9. The summed E-state index contributed by atoms with van der Waals surface area (Å²) in [6.45, 7) is 7.80. The Morgan fingerprint density at radius 3 is 1.82 bits per heavy atom.